The molecule has 1 atom stereocenters. The number of H-pyrrole nitrogens is 1. The third kappa shape index (κ3) is 2.31. The van der Waals surface area contributed by atoms with Crippen LogP contribution < -0.4 is 0 Å². The van der Waals surface area contributed by atoms with Crippen LogP contribution in [0.15, 0.2) is 18.2 Å². The number of rotatable bonds is 4. The molecule has 1 aliphatic rings. The molecule has 1 aromatic carbocycles. The summed E-state index contributed by atoms with van der Waals surface area (Å²) in [6.45, 7) is 5.32. The predicted molar refractivity (Wildman–Crippen MR) is 86.4 cm³/mol. The van der Waals surface area contributed by atoms with E-state index < -0.39 is 11.4 Å². The van der Waals surface area contributed by atoms with Crippen LogP contribution in [0.3, 0.4) is 0 Å². The highest BCUT2D eigenvalue weighted by Crippen LogP contribution is 2.40. The predicted octanol–water partition coefficient (Wildman–Crippen LogP) is 3.43. The van der Waals surface area contributed by atoms with Gasteiger partial charge in [0.15, 0.2) is 0 Å². The molecule has 4 nitrogen and oxygen atoms in total. The maximum Gasteiger partial charge on any atom is 0.304 e. The largest absolute Gasteiger partial charge is 0.481 e. The monoisotopic (exact) mass is 301 g/mol. The molecule has 0 aliphatic carbocycles. The molecule has 1 aliphatic heterocycles. The zero-order valence-corrected chi connectivity index (χ0v) is 13.2. The van der Waals surface area contributed by atoms with Crippen molar-refractivity contribution in [3.63, 3.8) is 0 Å². The fourth-order valence-corrected chi connectivity index (χ4v) is 3.69. The first kappa shape index (κ1) is 15.1. The van der Waals surface area contributed by atoms with Crippen molar-refractivity contribution in [2.24, 2.45) is 0 Å². The van der Waals surface area contributed by atoms with Crippen LogP contribution in [0, 0.1) is 0 Å². The number of fused-ring (bicyclic) bond motifs is 3. The fraction of sp³-hybridized carbons (Fsp3) is 0.500. The number of aromatic amines is 1. The Labute approximate surface area is 130 Å². The molecule has 0 saturated heterocycles. The van der Waals surface area contributed by atoms with E-state index in [-0.39, 0.29) is 6.42 Å². The van der Waals surface area contributed by atoms with E-state index in [0.717, 1.165) is 25.0 Å². The van der Waals surface area contributed by atoms with Crippen molar-refractivity contribution in [1.82, 2.24) is 4.98 Å². The van der Waals surface area contributed by atoms with Crippen molar-refractivity contribution >= 4 is 16.9 Å². The van der Waals surface area contributed by atoms with Gasteiger partial charge in [-0.05, 0) is 30.4 Å². The zero-order valence-electron chi connectivity index (χ0n) is 13.2. The van der Waals surface area contributed by atoms with Crippen molar-refractivity contribution in [1.29, 1.82) is 0 Å². The molecule has 0 amide bonds. The minimum atomic E-state index is -0.771. The molecule has 22 heavy (non-hydrogen) atoms. The van der Waals surface area contributed by atoms with Crippen molar-refractivity contribution in [2.45, 2.75) is 44.9 Å². The van der Waals surface area contributed by atoms with Crippen LogP contribution >= 0.6 is 0 Å². The smallest absolute Gasteiger partial charge is 0.304 e. The van der Waals surface area contributed by atoms with E-state index in [1.165, 1.54) is 22.0 Å². The molecular formula is C18H23NO3. The van der Waals surface area contributed by atoms with Gasteiger partial charge < -0.3 is 14.8 Å². The molecule has 2 aromatic rings. The summed E-state index contributed by atoms with van der Waals surface area (Å²) in [5, 5.41) is 10.6. The Balaban J connectivity index is 2.25. The number of carbonyl (C=O) groups is 1. The Morgan fingerprint density at radius 3 is 2.91 bits per heavy atom. The van der Waals surface area contributed by atoms with Gasteiger partial charge in [0.25, 0.3) is 0 Å². The zero-order chi connectivity index (χ0) is 15.7. The second-order valence-corrected chi connectivity index (χ2v) is 6.18. The van der Waals surface area contributed by atoms with Crippen LogP contribution in [-0.2, 0) is 27.8 Å². The SMILES string of the molecule is CCc1cccc2c3c([nH]c12)C(CC)(CC(=O)O)COCC3. The number of hydrogen-bond donors (Lipinski definition) is 2. The third-order valence-corrected chi connectivity index (χ3v) is 4.98. The lowest BCUT2D eigenvalue weighted by atomic mass is 9.77. The normalized spacial score (nSPS) is 21.5. The number of carboxylic acids is 1. The number of ether oxygens (including phenoxy) is 1. The molecule has 4 heteroatoms. The van der Waals surface area contributed by atoms with Crippen LogP contribution in [0.1, 0.15) is 43.5 Å². The van der Waals surface area contributed by atoms with Gasteiger partial charge in [-0.15, -0.1) is 0 Å². The van der Waals surface area contributed by atoms with Gasteiger partial charge >= 0.3 is 5.97 Å². The molecule has 0 saturated carbocycles. The highest BCUT2D eigenvalue weighted by atomic mass is 16.5. The van der Waals surface area contributed by atoms with Crippen LogP contribution in [-0.4, -0.2) is 29.3 Å². The highest BCUT2D eigenvalue weighted by molar-refractivity contribution is 5.88. The van der Waals surface area contributed by atoms with Gasteiger partial charge in [-0.3, -0.25) is 4.79 Å². The molecule has 118 valence electrons. The first-order valence-electron chi connectivity index (χ1n) is 8.03. The highest BCUT2D eigenvalue weighted by Gasteiger charge is 2.39. The molecule has 1 unspecified atom stereocenters. The lowest BCUT2D eigenvalue weighted by Gasteiger charge is -2.29. The summed E-state index contributed by atoms with van der Waals surface area (Å²) >= 11 is 0. The fourth-order valence-electron chi connectivity index (χ4n) is 3.69. The van der Waals surface area contributed by atoms with Gasteiger partial charge in [0.05, 0.1) is 19.6 Å². The summed E-state index contributed by atoms with van der Waals surface area (Å²) in [5.41, 5.74) is 4.31. The maximum absolute atomic E-state index is 11.4. The maximum atomic E-state index is 11.4. The van der Waals surface area contributed by atoms with Crippen molar-refractivity contribution < 1.29 is 14.6 Å². The quantitative estimate of drug-likeness (QED) is 0.909. The van der Waals surface area contributed by atoms with Gasteiger partial charge in [0.2, 0.25) is 0 Å². The Morgan fingerprint density at radius 1 is 1.41 bits per heavy atom. The van der Waals surface area contributed by atoms with E-state index in [1.54, 1.807) is 0 Å². The Kier molecular flexibility index (Phi) is 3.96. The minimum absolute atomic E-state index is 0.102. The third-order valence-electron chi connectivity index (χ3n) is 4.98. The number of aromatic nitrogens is 1. The molecule has 0 bridgehead atoms. The van der Waals surface area contributed by atoms with Crippen molar-refractivity contribution in [2.75, 3.05) is 13.2 Å². The van der Waals surface area contributed by atoms with Gasteiger partial charge in [-0.2, -0.15) is 0 Å². The van der Waals surface area contributed by atoms with Gasteiger partial charge in [0, 0.05) is 22.0 Å². The van der Waals surface area contributed by atoms with Gasteiger partial charge in [-0.1, -0.05) is 32.0 Å². The van der Waals surface area contributed by atoms with E-state index in [9.17, 15) is 9.90 Å². The molecule has 2 N–H and O–H groups in total. The van der Waals surface area contributed by atoms with E-state index in [4.69, 9.17) is 4.74 Å². The van der Waals surface area contributed by atoms with Crippen molar-refractivity contribution in [3.8, 4) is 0 Å². The van der Waals surface area contributed by atoms with Crippen LogP contribution in [0.25, 0.3) is 10.9 Å². The number of carboxylic acid groups (broad SMARTS) is 1. The molecule has 0 spiro atoms. The second kappa shape index (κ2) is 5.76. The number of para-hydroxylation sites is 1. The summed E-state index contributed by atoms with van der Waals surface area (Å²) < 4.78 is 5.77. The van der Waals surface area contributed by atoms with Crippen LogP contribution in [0.4, 0.5) is 0 Å². The summed E-state index contributed by atoms with van der Waals surface area (Å²) in [7, 11) is 0. The van der Waals surface area contributed by atoms with Crippen LogP contribution in [0.2, 0.25) is 0 Å². The number of nitrogens with one attached hydrogen (secondary N) is 1. The summed E-state index contributed by atoms with van der Waals surface area (Å²) in [6.07, 6.45) is 2.65. The summed E-state index contributed by atoms with van der Waals surface area (Å²) in [4.78, 5) is 15.0. The number of benzene rings is 1. The number of hydrogen-bond acceptors (Lipinski definition) is 2. The molecular weight excluding hydrogens is 278 g/mol. The van der Waals surface area contributed by atoms with Crippen molar-refractivity contribution in [3.05, 3.63) is 35.0 Å². The summed E-state index contributed by atoms with van der Waals surface area (Å²) in [5.74, 6) is -0.771. The van der Waals surface area contributed by atoms with Gasteiger partial charge in [0.1, 0.15) is 0 Å². The Hall–Kier alpha value is -1.81. The van der Waals surface area contributed by atoms with E-state index in [1.807, 2.05) is 6.92 Å². The van der Waals surface area contributed by atoms with Gasteiger partial charge in [-0.25, -0.2) is 0 Å². The second-order valence-electron chi connectivity index (χ2n) is 6.18. The molecule has 2 heterocycles. The molecule has 3 rings (SSSR count). The Morgan fingerprint density at radius 2 is 2.23 bits per heavy atom. The number of aryl methyl sites for hydroxylation is 1. The summed E-state index contributed by atoms with van der Waals surface area (Å²) in [6, 6.07) is 6.36. The first-order valence-corrected chi connectivity index (χ1v) is 8.03. The van der Waals surface area contributed by atoms with Crippen LogP contribution in [0.5, 0.6) is 0 Å². The molecule has 0 fully saturated rings. The minimum Gasteiger partial charge on any atom is -0.481 e. The molecule has 1 aromatic heterocycles. The first-order chi connectivity index (χ1) is 10.6. The Bertz CT molecular complexity index is 704. The average Bonchev–Trinajstić information content (AvgIpc) is 2.80. The topological polar surface area (TPSA) is 62.3 Å². The lowest BCUT2D eigenvalue weighted by Crippen LogP contribution is -2.34. The van der Waals surface area contributed by atoms with E-state index >= 15 is 0 Å². The lowest BCUT2D eigenvalue weighted by molar-refractivity contribution is -0.139. The molecule has 0 radical (unpaired) electrons. The standard InChI is InChI=1S/C18H23NO3/c1-3-12-6-5-7-13-14-8-9-22-11-18(4-2,10-15(20)21)17(14)19-16(12)13/h5-7,19H,3-4,8-11H2,1-2H3,(H,20,21). The van der Waals surface area contributed by atoms with E-state index in [2.05, 4.69) is 30.1 Å². The average molecular weight is 301 g/mol. The number of aliphatic carboxylic acids is 1. The van der Waals surface area contributed by atoms with E-state index in [0.29, 0.717) is 13.2 Å².